The van der Waals surface area contributed by atoms with Crippen molar-refractivity contribution in [1.82, 2.24) is 5.32 Å². The number of nitrogens with one attached hydrogen (secondary N) is 1. The second-order valence-corrected chi connectivity index (χ2v) is 8.61. The van der Waals surface area contributed by atoms with Crippen LogP contribution in [-0.2, 0) is 14.8 Å². The molecule has 1 heterocycles. The highest BCUT2D eigenvalue weighted by atomic mass is 32.2. The summed E-state index contributed by atoms with van der Waals surface area (Å²) in [6.07, 6.45) is 0.618. The fourth-order valence-electron chi connectivity index (χ4n) is 3.14. The topological polar surface area (TPSA) is 84.9 Å². The zero-order chi connectivity index (χ0) is 20.3. The van der Waals surface area contributed by atoms with Crippen molar-refractivity contribution < 1.29 is 22.7 Å². The van der Waals surface area contributed by atoms with E-state index in [0.717, 1.165) is 17.6 Å². The van der Waals surface area contributed by atoms with Gasteiger partial charge in [0, 0.05) is 13.0 Å². The van der Waals surface area contributed by atoms with Crippen LogP contribution in [0.4, 0.5) is 5.69 Å². The van der Waals surface area contributed by atoms with Crippen LogP contribution < -0.4 is 19.1 Å². The van der Waals surface area contributed by atoms with E-state index in [4.69, 9.17) is 9.47 Å². The van der Waals surface area contributed by atoms with E-state index in [2.05, 4.69) is 5.32 Å². The molecule has 3 rings (SSSR count). The summed E-state index contributed by atoms with van der Waals surface area (Å²) in [5.74, 6) is 0.836. The van der Waals surface area contributed by atoms with E-state index in [0.29, 0.717) is 11.4 Å². The number of amides is 1. The summed E-state index contributed by atoms with van der Waals surface area (Å²) in [6.45, 7) is 2.05. The molecule has 0 unspecified atom stereocenters. The summed E-state index contributed by atoms with van der Waals surface area (Å²) < 4.78 is 36.6. The molecule has 0 aliphatic carbocycles. The first-order chi connectivity index (χ1) is 13.3. The van der Waals surface area contributed by atoms with E-state index < -0.39 is 16.1 Å². The standard InChI is InChI=1S/C20H24N2O5S/c1-14(15-8-10-16(26-2)11-9-15)21-20(23)19-12-13-22(28(3,24)25)17-6-4-5-7-18(17)27-19/h4-11,14,19H,12-13H2,1-3H3,(H,21,23)/t14-,19-/m1/s1. The first-order valence-electron chi connectivity index (χ1n) is 8.97. The van der Waals surface area contributed by atoms with Crippen molar-refractivity contribution in [3.05, 3.63) is 54.1 Å². The number of anilines is 1. The number of rotatable bonds is 5. The third kappa shape index (κ3) is 4.39. The lowest BCUT2D eigenvalue weighted by atomic mass is 10.1. The minimum atomic E-state index is -3.47. The molecule has 7 nitrogen and oxygen atoms in total. The molecule has 2 atom stereocenters. The van der Waals surface area contributed by atoms with Gasteiger partial charge in [-0.05, 0) is 36.8 Å². The zero-order valence-corrected chi connectivity index (χ0v) is 16.9. The average molecular weight is 404 g/mol. The Labute approximate surface area is 165 Å². The van der Waals surface area contributed by atoms with Crippen LogP contribution >= 0.6 is 0 Å². The van der Waals surface area contributed by atoms with Gasteiger partial charge < -0.3 is 14.8 Å². The predicted octanol–water partition coefficient (Wildman–Crippen LogP) is 2.49. The highest BCUT2D eigenvalue weighted by Crippen LogP contribution is 2.34. The van der Waals surface area contributed by atoms with Crippen LogP contribution in [0.25, 0.3) is 0 Å². The SMILES string of the molecule is COc1ccc([C@@H](C)NC(=O)[C@H]2CCN(S(C)(=O)=O)c3ccccc3O2)cc1. The van der Waals surface area contributed by atoms with Crippen LogP contribution in [0.3, 0.4) is 0 Å². The van der Waals surface area contributed by atoms with Gasteiger partial charge in [-0.2, -0.15) is 0 Å². The Balaban J connectivity index is 1.76. The normalized spacial score (nSPS) is 17.7. The van der Waals surface area contributed by atoms with Crippen LogP contribution in [0.5, 0.6) is 11.5 Å². The van der Waals surface area contributed by atoms with E-state index in [1.165, 1.54) is 4.31 Å². The van der Waals surface area contributed by atoms with Crippen LogP contribution in [0.1, 0.15) is 24.9 Å². The van der Waals surface area contributed by atoms with Gasteiger partial charge in [0.25, 0.3) is 5.91 Å². The van der Waals surface area contributed by atoms with Gasteiger partial charge >= 0.3 is 0 Å². The zero-order valence-electron chi connectivity index (χ0n) is 16.1. The van der Waals surface area contributed by atoms with E-state index in [1.807, 2.05) is 31.2 Å². The predicted molar refractivity (Wildman–Crippen MR) is 107 cm³/mol. The van der Waals surface area contributed by atoms with Crippen LogP contribution in [-0.4, -0.2) is 40.3 Å². The van der Waals surface area contributed by atoms with E-state index in [-0.39, 0.29) is 24.9 Å². The highest BCUT2D eigenvalue weighted by Gasteiger charge is 2.31. The molecule has 2 aromatic rings. The van der Waals surface area contributed by atoms with Gasteiger partial charge in [0.1, 0.15) is 11.5 Å². The quantitative estimate of drug-likeness (QED) is 0.828. The number of ether oxygens (including phenoxy) is 2. The van der Waals surface area contributed by atoms with Gasteiger partial charge in [0.15, 0.2) is 6.10 Å². The molecule has 0 aromatic heterocycles. The molecule has 8 heteroatoms. The highest BCUT2D eigenvalue weighted by molar-refractivity contribution is 7.92. The number of fused-ring (bicyclic) bond motifs is 1. The maximum absolute atomic E-state index is 12.8. The summed E-state index contributed by atoms with van der Waals surface area (Å²) in [7, 11) is -1.88. The minimum absolute atomic E-state index is 0.171. The molecule has 1 aliphatic heterocycles. The molecule has 0 spiro atoms. The van der Waals surface area contributed by atoms with Crippen LogP contribution in [0, 0.1) is 0 Å². The van der Waals surface area contributed by atoms with Crippen molar-refractivity contribution in [3.63, 3.8) is 0 Å². The lowest BCUT2D eigenvalue weighted by Crippen LogP contribution is -2.40. The van der Waals surface area contributed by atoms with Gasteiger partial charge in [0.2, 0.25) is 10.0 Å². The first-order valence-corrected chi connectivity index (χ1v) is 10.8. The fourth-order valence-corrected chi connectivity index (χ4v) is 4.09. The van der Waals surface area contributed by atoms with Crippen molar-refractivity contribution in [1.29, 1.82) is 0 Å². The van der Waals surface area contributed by atoms with Crippen molar-refractivity contribution in [2.24, 2.45) is 0 Å². The number of benzene rings is 2. The maximum atomic E-state index is 12.8. The Morgan fingerprint density at radius 3 is 2.54 bits per heavy atom. The van der Waals surface area contributed by atoms with E-state index >= 15 is 0 Å². The second kappa shape index (κ2) is 8.10. The summed E-state index contributed by atoms with van der Waals surface area (Å²) in [5.41, 5.74) is 1.38. The number of nitrogens with zero attached hydrogens (tertiary/aromatic N) is 1. The number of para-hydroxylation sites is 2. The maximum Gasteiger partial charge on any atom is 0.261 e. The number of methoxy groups -OCH3 is 1. The molecule has 1 N–H and O–H groups in total. The van der Waals surface area contributed by atoms with Crippen molar-refractivity contribution in [3.8, 4) is 11.5 Å². The average Bonchev–Trinajstić information content (AvgIpc) is 2.87. The number of carbonyl (C=O) groups is 1. The number of sulfonamides is 1. The molecule has 0 saturated carbocycles. The van der Waals surface area contributed by atoms with E-state index in [9.17, 15) is 13.2 Å². The van der Waals surface area contributed by atoms with Crippen LogP contribution in [0.2, 0.25) is 0 Å². The monoisotopic (exact) mass is 404 g/mol. The third-order valence-electron chi connectivity index (χ3n) is 4.66. The van der Waals surface area contributed by atoms with Gasteiger partial charge in [-0.3, -0.25) is 9.10 Å². The molecule has 1 aliphatic rings. The Kier molecular flexibility index (Phi) is 5.79. The minimum Gasteiger partial charge on any atom is -0.497 e. The van der Waals surface area contributed by atoms with Crippen molar-refractivity contribution in [2.45, 2.75) is 25.5 Å². The molecule has 0 radical (unpaired) electrons. The summed E-state index contributed by atoms with van der Waals surface area (Å²) in [4.78, 5) is 12.8. The molecular weight excluding hydrogens is 380 g/mol. The smallest absolute Gasteiger partial charge is 0.261 e. The Morgan fingerprint density at radius 1 is 1.21 bits per heavy atom. The third-order valence-corrected chi connectivity index (χ3v) is 5.84. The van der Waals surface area contributed by atoms with Gasteiger partial charge in [-0.15, -0.1) is 0 Å². The molecular formula is C20H24N2O5S. The summed E-state index contributed by atoms with van der Waals surface area (Å²) in [6, 6.07) is 14.1. The molecule has 150 valence electrons. The largest absolute Gasteiger partial charge is 0.497 e. The molecule has 28 heavy (non-hydrogen) atoms. The second-order valence-electron chi connectivity index (χ2n) is 6.70. The fraction of sp³-hybridized carbons (Fsp3) is 0.350. The van der Waals surface area contributed by atoms with Crippen LogP contribution in [0.15, 0.2) is 48.5 Å². The Morgan fingerprint density at radius 2 is 1.89 bits per heavy atom. The number of hydrogen-bond donors (Lipinski definition) is 1. The first kappa shape index (κ1) is 20.0. The number of hydrogen-bond acceptors (Lipinski definition) is 5. The Hall–Kier alpha value is -2.74. The Bertz CT molecular complexity index is 943. The molecule has 0 fully saturated rings. The van der Waals surface area contributed by atoms with Gasteiger partial charge in [-0.1, -0.05) is 24.3 Å². The molecule has 0 saturated heterocycles. The lowest BCUT2D eigenvalue weighted by molar-refractivity contribution is -0.128. The summed E-state index contributed by atoms with van der Waals surface area (Å²) in [5, 5.41) is 2.94. The van der Waals surface area contributed by atoms with E-state index in [1.54, 1.807) is 31.4 Å². The van der Waals surface area contributed by atoms with Crippen molar-refractivity contribution in [2.75, 3.05) is 24.2 Å². The summed E-state index contributed by atoms with van der Waals surface area (Å²) >= 11 is 0. The van der Waals surface area contributed by atoms with Gasteiger partial charge in [0.05, 0.1) is 25.1 Å². The molecule has 1 amide bonds. The van der Waals surface area contributed by atoms with Gasteiger partial charge in [-0.25, -0.2) is 8.42 Å². The lowest BCUT2D eigenvalue weighted by Gasteiger charge is -2.20. The molecule has 2 aromatic carbocycles. The number of carbonyl (C=O) groups excluding carboxylic acids is 1. The van der Waals surface area contributed by atoms with Crippen molar-refractivity contribution >= 4 is 21.6 Å². The molecule has 0 bridgehead atoms.